The van der Waals surface area contributed by atoms with E-state index in [1.807, 2.05) is 32.3 Å². The minimum atomic E-state index is -0.396. The number of benzene rings is 1. The Balaban J connectivity index is 2.93. The number of hydrogen-bond acceptors (Lipinski definition) is 3. The normalized spacial score (nSPS) is 13.6. The molecular weight excluding hydrogens is 318 g/mol. The topological polar surface area (TPSA) is 32.7 Å². The smallest absolute Gasteiger partial charge is 0.133 e. The standard InChI is InChI=1S/C16H26BrNO2/c1-6-16(7-2,18(3)4)15(19)11-12-8-9-14(20-5)13(17)10-12/h8-10,15,19H,6-7,11H2,1-5H3. The molecular formula is C16H26BrNO2. The summed E-state index contributed by atoms with van der Waals surface area (Å²) in [5.41, 5.74) is 0.935. The number of nitrogens with zero attached hydrogens (tertiary/aromatic N) is 1. The lowest BCUT2D eigenvalue weighted by molar-refractivity contribution is -0.0125. The number of ether oxygens (including phenoxy) is 1. The number of hydrogen-bond donors (Lipinski definition) is 1. The molecule has 0 amide bonds. The summed E-state index contributed by atoms with van der Waals surface area (Å²) in [5.74, 6) is 0.813. The van der Waals surface area contributed by atoms with E-state index in [-0.39, 0.29) is 5.54 Å². The SMILES string of the molecule is CCC(CC)(C(O)Cc1ccc(OC)c(Br)c1)N(C)C. The molecule has 4 heteroatoms. The van der Waals surface area contributed by atoms with Crippen LogP contribution in [0.4, 0.5) is 0 Å². The summed E-state index contributed by atoms with van der Waals surface area (Å²) in [7, 11) is 5.74. The molecule has 0 saturated heterocycles. The van der Waals surface area contributed by atoms with E-state index in [9.17, 15) is 5.11 Å². The average molecular weight is 344 g/mol. The second kappa shape index (κ2) is 7.43. The highest BCUT2D eigenvalue weighted by Gasteiger charge is 2.36. The van der Waals surface area contributed by atoms with E-state index in [0.717, 1.165) is 28.6 Å². The molecule has 0 saturated carbocycles. The van der Waals surface area contributed by atoms with E-state index in [1.165, 1.54) is 0 Å². The van der Waals surface area contributed by atoms with Gasteiger partial charge in [0.05, 0.1) is 17.7 Å². The molecule has 0 aliphatic carbocycles. The third kappa shape index (κ3) is 3.54. The molecule has 0 aromatic heterocycles. The van der Waals surface area contributed by atoms with Gasteiger partial charge in [-0.05, 0) is 60.6 Å². The van der Waals surface area contributed by atoms with Crippen LogP contribution in [-0.4, -0.2) is 42.9 Å². The fourth-order valence-electron chi connectivity index (χ4n) is 2.90. The van der Waals surface area contributed by atoms with Gasteiger partial charge < -0.3 is 14.7 Å². The van der Waals surface area contributed by atoms with Gasteiger partial charge in [-0.2, -0.15) is 0 Å². The molecule has 0 fully saturated rings. The van der Waals surface area contributed by atoms with Gasteiger partial charge >= 0.3 is 0 Å². The number of likely N-dealkylation sites (N-methyl/N-ethyl adjacent to an activating group) is 1. The fourth-order valence-corrected chi connectivity index (χ4v) is 3.49. The van der Waals surface area contributed by atoms with Gasteiger partial charge in [0.15, 0.2) is 0 Å². The summed E-state index contributed by atoms with van der Waals surface area (Å²) < 4.78 is 6.16. The number of rotatable bonds is 7. The van der Waals surface area contributed by atoms with Gasteiger partial charge in [0, 0.05) is 12.0 Å². The van der Waals surface area contributed by atoms with Crippen LogP contribution in [0.3, 0.4) is 0 Å². The lowest BCUT2D eigenvalue weighted by atomic mass is 9.82. The minimum Gasteiger partial charge on any atom is -0.496 e. The van der Waals surface area contributed by atoms with E-state index >= 15 is 0 Å². The molecule has 20 heavy (non-hydrogen) atoms. The molecule has 1 aromatic carbocycles. The Morgan fingerprint density at radius 1 is 1.30 bits per heavy atom. The Morgan fingerprint density at radius 2 is 1.90 bits per heavy atom. The molecule has 1 aromatic rings. The van der Waals surface area contributed by atoms with Gasteiger partial charge in [-0.25, -0.2) is 0 Å². The second-order valence-electron chi connectivity index (χ2n) is 5.39. The predicted octanol–water partition coefficient (Wildman–Crippen LogP) is 3.48. The lowest BCUT2D eigenvalue weighted by Crippen LogP contribution is -2.53. The maximum Gasteiger partial charge on any atom is 0.133 e. The zero-order chi connectivity index (χ0) is 15.3. The quantitative estimate of drug-likeness (QED) is 0.822. The Hall–Kier alpha value is -0.580. The highest BCUT2D eigenvalue weighted by atomic mass is 79.9. The zero-order valence-electron chi connectivity index (χ0n) is 13.1. The van der Waals surface area contributed by atoms with E-state index in [1.54, 1.807) is 7.11 Å². The summed E-state index contributed by atoms with van der Waals surface area (Å²) in [6.45, 7) is 4.27. The first kappa shape index (κ1) is 17.5. The van der Waals surface area contributed by atoms with Crippen molar-refractivity contribution in [2.24, 2.45) is 0 Å². The second-order valence-corrected chi connectivity index (χ2v) is 6.25. The van der Waals surface area contributed by atoms with Crippen molar-refractivity contribution in [3.63, 3.8) is 0 Å². The minimum absolute atomic E-state index is 0.174. The van der Waals surface area contributed by atoms with Crippen molar-refractivity contribution in [3.05, 3.63) is 28.2 Å². The first-order valence-corrected chi connectivity index (χ1v) is 7.88. The van der Waals surface area contributed by atoms with E-state index in [2.05, 4.69) is 34.7 Å². The van der Waals surface area contributed by atoms with Gasteiger partial charge in [-0.15, -0.1) is 0 Å². The molecule has 3 nitrogen and oxygen atoms in total. The van der Waals surface area contributed by atoms with Crippen molar-refractivity contribution in [2.45, 2.75) is 44.8 Å². The van der Waals surface area contributed by atoms with Crippen molar-refractivity contribution in [3.8, 4) is 5.75 Å². The Labute approximate surface area is 131 Å². The molecule has 0 radical (unpaired) electrons. The third-order valence-electron chi connectivity index (χ3n) is 4.38. The van der Waals surface area contributed by atoms with Crippen LogP contribution in [0.1, 0.15) is 32.3 Å². The zero-order valence-corrected chi connectivity index (χ0v) is 14.7. The lowest BCUT2D eigenvalue weighted by Gasteiger charge is -2.42. The maximum absolute atomic E-state index is 10.7. The van der Waals surface area contributed by atoms with Crippen molar-refractivity contribution in [1.29, 1.82) is 0 Å². The molecule has 0 bridgehead atoms. The van der Waals surface area contributed by atoms with Crippen LogP contribution in [0.5, 0.6) is 5.75 Å². The van der Waals surface area contributed by atoms with Crippen molar-refractivity contribution in [1.82, 2.24) is 4.90 Å². The van der Waals surface area contributed by atoms with Crippen molar-refractivity contribution >= 4 is 15.9 Å². The molecule has 1 N–H and O–H groups in total. The molecule has 1 unspecified atom stereocenters. The van der Waals surface area contributed by atoms with Crippen molar-refractivity contribution in [2.75, 3.05) is 21.2 Å². The van der Waals surface area contributed by atoms with Gasteiger partial charge in [0.25, 0.3) is 0 Å². The van der Waals surface area contributed by atoms with Gasteiger partial charge in [0.1, 0.15) is 5.75 Å². The highest BCUT2D eigenvalue weighted by molar-refractivity contribution is 9.10. The molecule has 0 aliphatic rings. The molecule has 1 rings (SSSR count). The monoisotopic (exact) mass is 343 g/mol. The summed E-state index contributed by atoms with van der Waals surface area (Å²) in [4.78, 5) is 2.15. The summed E-state index contributed by atoms with van der Waals surface area (Å²) in [6.07, 6.45) is 2.10. The molecule has 1 atom stereocenters. The number of aliphatic hydroxyl groups excluding tert-OH is 1. The van der Waals surface area contributed by atoms with E-state index < -0.39 is 6.10 Å². The van der Waals surface area contributed by atoms with Crippen molar-refractivity contribution < 1.29 is 9.84 Å². The predicted molar refractivity (Wildman–Crippen MR) is 87.4 cm³/mol. The van der Waals surface area contributed by atoms with E-state index in [0.29, 0.717) is 6.42 Å². The average Bonchev–Trinajstić information content (AvgIpc) is 2.40. The van der Waals surface area contributed by atoms with Gasteiger partial charge in [-0.1, -0.05) is 19.9 Å². The van der Waals surface area contributed by atoms with Crippen LogP contribution in [0.15, 0.2) is 22.7 Å². The third-order valence-corrected chi connectivity index (χ3v) is 5.00. The van der Waals surface area contributed by atoms with Gasteiger partial charge in [0.2, 0.25) is 0 Å². The molecule has 0 spiro atoms. The first-order valence-electron chi connectivity index (χ1n) is 7.09. The van der Waals surface area contributed by atoms with Crippen LogP contribution in [0.2, 0.25) is 0 Å². The van der Waals surface area contributed by atoms with Gasteiger partial charge in [-0.3, -0.25) is 0 Å². The van der Waals surface area contributed by atoms with Crippen LogP contribution in [0, 0.1) is 0 Å². The van der Waals surface area contributed by atoms with Crippen LogP contribution in [0.25, 0.3) is 0 Å². The number of aliphatic hydroxyl groups is 1. The Morgan fingerprint density at radius 3 is 2.30 bits per heavy atom. The van der Waals surface area contributed by atoms with Crippen LogP contribution in [-0.2, 0) is 6.42 Å². The highest BCUT2D eigenvalue weighted by Crippen LogP contribution is 2.30. The van der Waals surface area contributed by atoms with E-state index in [4.69, 9.17) is 4.74 Å². The molecule has 0 aliphatic heterocycles. The molecule has 114 valence electrons. The largest absolute Gasteiger partial charge is 0.496 e. The Bertz CT molecular complexity index is 430. The van der Waals surface area contributed by atoms with Crippen LogP contribution < -0.4 is 4.74 Å². The fraction of sp³-hybridized carbons (Fsp3) is 0.625. The number of methoxy groups -OCH3 is 1. The Kier molecular flexibility index (Phi) is 6.49. The first-order chi connectivity index (χ1) is 9.41. The van der Waals surface area contributed by atoms with Crippen LogP contribution >= 0.6 is 15.9 Å². The summed E-state index contributed by atoms with van der Waals surface area (Å²) >= 11 is 3.49. The maximum atomic E-state index is 10.7. The number of halogens is 1. The summed E-state index contributed by atoms with van der Waals surface area (Å²) in [6, 6.07) is 5.97. The molecule has 0 heterocycles. The summed E-state index contributed by atoms with van der Waals surface area (Å²) in [5, 5.41) is 10.7.